The molecule has 4 aliphatic carbocycles. The number of hydrogen-bond donors (Lipinski definition) is 3. The van der Waals surface area contributed by atoms with Gasteiger partial charge in [-0.2, -0.15) is 0 Å². The van der Waals surface area contributed by atoms with Crippen LogP contribution in [0.3, 0.4) is 0 Å². The van der Waals surface area contributed by atoms with E-state index >= 15 is 0 Å². The molecule has 13 atom stereocenters. The molecule has 0 aromatic carbocycles. The Morgan fingerprint density at radius 1 is 1.11 bits per heavy atom. The minimum Gasteiger partial charge on any atom is -0.460 e. The van der Waals surface area contributed by atoms with E-state index in [0.29, 0.717) is 31.3 Å². The van der Waals surface area contributed by atoms with Crippen LogP contribution in [0.4, 0.5) is 0 Å². The Morgan fingerprint density at radius 2 is 1.82 bits per heavy atom. The first-order valence-electron chi connectivity index (χ1n) is 16.7. The van der Waals surface area contributed by atoms with E-state index in [9.17, 15) is 24.9 Å². The van der Waals surface area contributed by atoms with E-state index < -0.39 is 59.3 Å². The average molecular weight is 635 g/mol. The van der Waals surface area contributed by atoms with Crippen molar-refractivity contribution in [3.63, 3.8) is 0 Å². The first kappa shape index (κ1) is 34.5. The zero-order valence-electron chi connectivity index (χ0n) is 28.2. The van der Waals surface area contributed by atoms with E-state index in [4.69, 9.17) is 23.7 Å². The van der Waals surface area contributed by atoms with Gasteiger partial charge in [-0.1, -0.05) is 31.6 Å². The molecule has 0 bridgehead atoms. The Bertz CT molecular complexity index is 1210. The second-order valence-corrected chi connectivity index (χ2v) is 14.8. The maximum atomic E-state index is 13.3. The highest BCUT2D eigenvalue weighted by Gasteiger charge is 2.77. The molecule has 0 amide bonds. The fraction of sp³-hybridized carbons (Fsp3) is 0.829. The third-order valence-corrected chi connectivity index (χ3v) is 12.8. The van der Waals surface area contributed by atoms with Gasteiger partial charge in [0.1, 0.15) is 23.9 Å². The Hall–Kier alpha value is -1.82. The van der Waals surface area contributed by atoms with E-state index in [2.05, 4.69) is 13.0 Å². The van der Waals surface area contributed by atoms with Gasteiger partial charge in [-0.15, -0.1) is 0 Å². The number of methoxy groups -OCH3 is 1. The monoisotopic (exact) mass is 634 g/mol. The molecule has 0 spiro atoms. The summed E-state index contributed by atoms with van der Waals surface area (Å²) in [7, 11) is 1.59. The van der Waals surface area contributed by atoms with Crippen molar-refractivity contribution in [3.05, 3.63) is 23.3 Å². The quantitative estimate of drug-likeness (QED) is 0.213. The summed E-state index contributed by atoms with van der Waals surface area (Å²) >= 11 is 0. The Labute approximate surface area is 267 Å². The molecule has 1 aliphatic heterocycles. The molecule has 254 valence electrons. The number of carbonyl (C=O) groups excluding carboxylic acids is 2. The van der Waals surface area contributed by atoms with Crippen LogP contribution in [0.2, 0.25) is 0 Å². The van der Waals surface area contributed by atoms with Crippen molar-refractivity contribution in [2.45, 2.75) is 154 Å². The van der Waals surface area contributed by atoms with E-state index in [1.807, 2.05) is 13.8 Å². The summed E-state index contributed by atoms with van der Waals surface area (Å²) in [6.07, 6.45) is 4.66. The molecule has 3 saturated carbocycles. The lowest BCUT2D eigenvalue weighted by Gasteiger charge is -2.64. The van der Waals surface area contributed by atoms with E-state index in [-0.39, 0.29) is 35.9 Å². The molecule has 45 heavy (non-hydrogen) atoms. The molecular weight excluding hydrogens is 580 g/mol. The molecule has 0 aromatic heterocycles. The first-order valence-corrected chi connectivity index (χ1v) is 16.7. The predicted octanol–water partition coefficient (Wildman–Crippen LogP) is 4.13. The molecular formula is C35H54O10. The number of hydrogen-bond acceptors (Lipinski definition) is 10. The minimum absolute atomic E-state index is 0.00871. The van der Waals surface area contributed by atoms with Gasteiger partial charge < -0.3 is 39.0 Å². The van der Waals surface area contributed by atoms with Crippen molar-refractivity contribution in [2.75, 3.05) is 7.11 Å². The SMILES string of the molecule is C/C=C(\C)C(=O)O[C@@H]1C[C@H]2[C@H](CC=C3C[C@@H](O[C@H]4C[C@H](OC)[C@H](O)[C@@H](C)O4)CC[C@@]32C)[C@@]2(O)CC[C@@](O)([C@H](C)OC(C)=O)[C@@]12C. The Morgan fingerprint density at radius 3 is 2.47 bits per heavy atom. The number of esters is 2. The standard InChI is InChI=1S/C35H54O10/c1-9-19(2)31(38)45-28-17-26-25(35(40)15-14-34(39,33(28,35)7)21(4)43-22(5)36)11-10-23-16-24(12-13-32(23,26)6)44-29-18-27(41-8)30(37)20(3)42-29/h9-10,20-21,24-30,37,39-40H,11-18H2,1-8H3/b19-9+/t20-,21+,24+,25+,26+,27+,28-,29+,30-,32+,33-,34-,35+/m1/s1. The third kappa shape index (κ3) is 5.41. The molecule has 3 N–H and O–H groups in total. The fourth-order valence-corrected chi connectivity index (χ4v) is 9.78. The molecule has 1 saturated heterocycles. The lowest BCUT2D eigenvalue weighted by Crippen LogP contribution is -2.72. The average Bonchev–Trinajstić information content (AvgIpc) is 3.22. The van der Waals surface area contributed by atoms with Crippen LogP contribution >= 0.6 is 0 Å². The molecule has 10 nitrogen and oxygen atoms in total. The van der Waals surface area contributed by atoms with Crippen molar-refractivity contribution in [1.82, 2.24) is 0 Å². The first-order chi connectivity index (χ1) is 21.0. The summed E-state index contributed by atoms with van der Waals surface area (Å²) in [6, 6.07) is 0. The highest BCUT2D eigenvalue weighted by Crippen LogP contribution is 2.70. The lowest BCUT2D eigenvalue weighted by atomic mass is 9.44. The lowest BCUT2D eigenvalue weighted by molar-refractivity contribution is -0.281. The predicted molar refractivity (Wildman–Crippen MR) is 165 cm³/mol. The summed E-state index contributed by atoms with van der Waals surface area (Å²) in [5.74, 6) is -1.18. The number of aliphatic hydroxyl groups excluding tert-OH is 1. The van der Waals surface area contributed by atoms with E-state index in [1.165, 1.54) is 12.5 Å². The maximum Gasteiger partial charge on any atom is 0.333 e. The summed E-state index contributed by atoms with van der Waals surface area (Å²) in [5.41, 5.74) is -2.79. The highest BCUT2D eigenvalue weighted by molar-refractivity contribution is 5.87. The topological polar surface area (TPSA) is 141 Å². The second-order valence-electron chi connectivity index (χ2n) is 14.8. The van der Waals surface area contributed by atoms with Crippen LogP contribution in [0.15, 0.2) is 23.3 Å². The van der Waals surface area contributed by atoms with Crippen molar-refractivity contribution in [3.8, 4) is 0 Å². The second kappa shape index (κ2) is 12.3. The molecule has 10 heteroatoms. The van der Waals surface area contributed by atoms with Gasteiger partial charge in [-0.3, -0.25) is 4.79 Å². The summed E-state index contributed by atoms with van der Waals surface area (Å²) in [6.45, 7) is 12.3. The van der Waals surface area contributed by atoms with Crippen molar-refractivity contribution < 1.29 is 48.6 Å². The van der Waals surface area contributed by atoms with Crippen molar-refractivity contribution in [2.24, 2.45) is 22.7 Å². The van der Waals surface area contributed by atoms with E-state index in [1.54, 1.807) is 34.0 Å². The van der Waals surface area contributed by atoms with Crippen LogP contribution in [0.1, 0.15) is 99.8 Å². The van der Waals surface area contributed by atoms with Gasteiger partial charge in [0.05, 0.1) is 29.3 Å². The molecule has 5 aliphatic rings. The number of aliphatic hydroxyl groups is 3. The summed E-state index contributed by atoms with van der Waals surface area (Å²) in [4.78, 5) is 25.3. The number of fused-ring (bicyclic) bond motifs is 5. The molecule has 5 rings (SSSR count). The van der Waals surface area contributed by atoms with Gasteiger partial charge in [-0.25, -0.2) is 4.79 Å². The van der Waals surface area contributed by atoms with E-state index in [0.717, 1.165) is 19.3 Å². The van der Waals surface area contributed by atoms with Crippen LogP contribution in [0.5, 0.6) is 0 Å². The van der Waals surface area contributed by atoms with Crippen LogP contribution in [-0.2, 0) is 33.3 Å². The van der Waals surface area contributed by atoms with Crippen LogP contribution in [0.25, 0.3) is 0 Å². The molecule has 0 radical (unpaired) electrons. The highest BCUT2D eigenvalue weighted by atomic mass is 16.7. The van der Waals surface area contributed by atoms with Gasteiger partial charge in [0, 0.05) is 26.0 Å². The molecule has 4 fully saturated rings. The normalized spacial score (nSPS) is 47.1. The van der Waals surface area contributed by atoms with Gasteiger partial charge >= 0.3 is 11.9 Å². The van der Waals surface area contributed by atoms with Gasteiger partial charge in [0.25, 0.3) is 0 Å². The summed E-state index contributed by atoms with van der Waals surface area (Å²) in [5, 5.41) is 35.5. The van der Waals surface area contributed by atoms with Crippen LogP contribution in [-0.4, -0.2) is 88.5 Å². The number of carbonyl (C=O) groups is 2. The zero-order chi connectivity index (χ0) is 33.1. The fourth-order valence-electron chi connectivity index (χ4n) is 9.78. The largest absolute Gasteiger partial charge is 0.460 e. The zero-order valence-corrected chi connectivity index (χ0v) is 28.2. The van der Waals surface area contributed by atoms with Gasteiger partial charge in [0.15, 0.2) is 6.29 Å². The maximum absolute atomic E-state index is 13.3. The smallest absolute Gasteiger partial charge is 0.333 e. The Balaban J connectivity index is 1.44. The van der Waals surface area contributed by atoms with Crippen molar-refractivity contribution in [1.29, 1.82) is 0 Å². The van der Waals surface area contributed by atoms with Crippen molar-refractivity contribution >= 4 is 11.9 Å². The minimum atomic E-state index is -1.60. The number of ether oxygens (including phenoxy) is 5. The summed E-state index contributed by atoms with van der Waals surface area (Å²) < 4.78 is 29.7. The third-order valence-electron chi connectivity index (χ3n) is 12.8. The number of rotatable bonds is 7. The molecule has 1 heterocycles. The molecule has 0 aromatic rings. The van der Waals surface area contributed by atoms with Gasteiger partial charge in [0.2, 0.25) is 0 Å². The van der Waals surface area contributed by atoms with Crippen LogP contribution < -0.4 is 0 Å². The molecule has 0 unspecified atom stereocenters. The van der Waals surface area contributed by atoms with Gasteiger partial charge in [-0.05, 0) is 89.9 Å². The number of allylic oxidation sites excluding steroid dienone is 2. The van der Waals surface area contributed by atoms with Crippen LogP contribution in [0, 0.1) is 22.7 Å². The Kier molecular flexibility index (Phi) is 9.45.